The van der Waals surface area contributed by atoms with Crippen LogP contribution in [0, 0.1) is 5.92 Å². The van der Waals surface area contributed by atoms with E-state index < -0.39 is 0 Å². The molecule has 2 saturated heterocycles. The van der Waals surface area contributed by atoms with Gasteiger partial charge in [0.15, 0.2) is 5.58 Å². The lowest BCUT2D eigenvalue weighted by Gasteiger charge is -2.33. The Balaban J connectivity index is 1.26. The summed E-state index contributed by atoms with van der Waals surface area (Å²) >= 11 is 0. The largest absolute Gasteiger partial charge is 0.423 e. The molecule has 8 heteroatoms. The van der Waals surface area contributed by atoms with Crippen molar-refractivity contribution < 1.29 is 14.0 Å². The predicted molar refractivity (Wildman–Crippen MR) is 124 cm³/mol. The minimum absolute atomic E-state index is 0.0452. The summed E-state index contributed by atoms with van der Waals surface area (Å²) in [6, 6.07) is 8.43. The van der Waals surface area contributed by atoms with Crippen LogP contribution in [0.5, 0.6) is 0 Å². The quantitative estimate of drug-likeness (QED) is 0.785. The Morgan fingerprint density at radius 3 is 2.53 bits per heavy atom. The summed E-state index contributed by atoms with van der Waals surface area (Å²) in [4.78, 5) is 36.3. The number of carbonyl (C=O) groups is 2. The van der Waals surface area contributed by atoms with E-state index in [1.54, 1.807) is 0 Å². The zero-order chi connectivity index (χ0) is 22.7. The predicted octanol–water partition coefficient (Wildman–Crippen LogP) is 2.49. The number of nitrogens with one attached hydrogen (secondary N) is 1. The molecule has 3 heterocycles. The molecule has 2 fully saturated rings. The molecule has 1 aromatic heterocycles. The fourth-order valence-electron chi connectivity index (χ4n) is 4.58. The summed E-state index contributed by atoms with van der Waals surface area (Å²) in [5.74, 6) is 0.346. The second-order valence-corrected chi connectivity index (χ2v) is 9.98. The molecular formula is C24H35N5O3. The van der Waals surface area contributed by atoms with Gasteiger partial charge in [-0.1, -0.05) is 12.1 Å². The van der Waals surface area contributed by atoms with Gasteiger partial charge in [0.25, 0.3) is 6.01 Å². The van der Waals surface area contributed by atoms with Gasteiger partial charge in [-0.2, -0.15) is 4.98 Å². The van der Waals surface area contributed by atoms with Gasteiger partial charge in [-0.25, -0.2) is 0 Å². The summed E-state index contributed by atoms with van der Waals surface area (Å²) in [7, 11) is 0. The van der Waals surface area contributed by atoms with Gasteiger partial charge < -0.3 is 19.5 Å². The average molecular weight is 442 g/mol. The Morgan fingerprint density at radius 1 is 1.06 bits per heavy atom. The summed E-state index contributed by atoms with van der Waals surface area (Å²) < 4.78 is 5.89. The number of anilines is 1. The summed E-state index contributed by atoms with van der Waals surface area (Å²) in [6.07, 6.45) is 2.52. The van der Waals surface area contributed by atoms with Gasteiger partial charge in [0.1, 0.15) is 5.52 Å². The number of nitrogens with zero attached hydrogens (tertiary/aromatic N) is 4. The van der Waals surface area contributed by atoms with Gasteiger partial charge in [-0.3, -0.25) is 14.5 Å². The number of aromatic nitrogens is 1. The van der Waals surface area contributed by atoms with Gasteiger partial charge in [0.2, 0.25) is 11.8 Å². The molecule has 4 rings (SSSR count). The van der Waals surface area contributed by atoms with Crippen molar-refractivity contribution in [1.29, 1.82) is 0 Å². The number of hydrogen-bond acceptors (Lipinski definition) is 6. The number of para-hydroxylation sites is 2. The molecule has 0 saturated carbocycles. The van der Waals surface area contributed by atoms with Crippen LogP contribution in [-0.2, 0) is 9.59 Å². The third kappa shape index (κ3) is 5.59. The molecule has 0 spiro atoms. The van der Waals surface area contributed by atoms with Crippen LogP contribution >= 0.6 is 0 Å². The summed E-state index contributed by atoms with van der Waals surface area (Å²) in [5.41, 5.74) is 1.44. The first-order chi connectivity index (χ1) is 15.3. The van der Waals surface area contributed by atoms with Gasteiger partial charge in [-0.05, 0) is 52.2 Å². The fourth-order valence-corrected chi connectivity index (χ4v) is 4.58. The smallest absolute Gasteiger partial charge is 0.298 e. The van der Waals surface area contributed by atoms with Crippen molar-refractivity contribution in [3.05, 3.63) is 24.3 Å². The Hall–Kier alpha value is -2.61. The number of benzene rings is 1. The molecule has 0 radical (unpaired) electrons. The van der Waals surface area contributed by atoms with Crippen molar-refractivity contribution in [1.82, 2.24) is 20.1 Å². The lowest BCUT2D eigenvalue weighted by molar-refractivity contribution is -0.136. The molecule has 0 aliphatic carbocycles. The van der Waals surface area contributed by atoms with E-state index in [-0.39, 0.29) is 23.3 Å². The van der Waals surface area contributed by atoms with Crippen LogP contribution in [0.3, 0.4) is 0 Å². The third-order valence-corrected chi connectivity index (χ3v) is 6.18. The maximum Gasteiger partial charge on any atom is 0.298 e. The van der Waals surface area contributed by atoms with Crippen molar-refractivity contribution in [2.24, 2.45) is 5.92 Å². The number of piperidine rings is 1. The lowest BCUT2D eigenvalue weighted by atomic mass is 9.95. The van der Waals surface area contributed by atoms with Crippen LogP contribution in [-0.4, -0.2) is 78.0 Å². The average Bonchev–Trinajstić information content (AvgIpc) is 3.05. The van der Waals surface area contributed by atoms with Gasteiger partial charge in [0, 0.05) is 50.7 Å². The molecular weight excluding hydrogens is 406 g/mol. The van der Waals surface area contributed by atoms with E-state index in [9.17, 15) is 9.59 Å². The molecule has 174 valence electrons. The maximum atomic E-state index is 13.2. The second-order valence-electron chi connectivity index (χ2n) is 9.98. The van der Waals surface area contributed by atoms with Crippen molar-refractivity contribution in [3.63, 3.8) is 0 Å². The van der Waals surface area contributed by atoms with Crippen LogP contribution < -0.4 is 10.2 Å². The normalized spacial score (nSPS) is 19.2. The molecule has 8 nitrogen and oxygen atoms in total. The molecule has 32 heavy (non-hydrogen) atoms. The number of hydrogen-bond donors (Lipinski definition) is 1. The Labute approximate surface area is 189 Å². The number of fused-ring (bicyclic) bond motifs is 1. The Bertz CT molecular complexity index is 910. The van der Waals surface area contributed by atoms with Crippen molar-refractivity contribution in [2.75, 3.05) is 50.7 Å². The van der Waals surface area contributed by atoms with Crippen molar-refractivity contribution in [3.8, 4) is 0 Å². The Kier molecular flexibility index (Phi) is 6.69. The number of oxazole rings is 1. The molecule has 1 aromatic carbocycles. The molecule has 0 bridgehead atoms. The molecule has 0 unspecified atom stereocenters. The van der Waals surface area contributed by atoms with Gasteiger partial charge >= 0.3 is 0 Å². The standard InChI is InChI=1S/C24H35N5O3/c1-24(2,3)26-21(30)17-27-11-6-12-28(16-15-27)22(31)18-9-13-29(14-10-18)23-25-19-7-4-5-8-20(19)32-23/h4-5,7-8,18H,6,9-17H2,1-3H3,(H,26,30). The van der Waals surface area contributed by atoms with E-state index in [1.165, 1.54) is 0 Å². The van der Waals surface area contributed by atoms with Crippen LogP contribution in [0.4, 0.5) is 6.01 Å². The van der Waals surface area contributed by atoms with Crippen molar-refractivity contribution in [2.45, 2.75) is 45.6 Å². The first-order valence-electron chi connectivity index (χ1n) is 11.7. The number of amides is 2. The lowest BCUT2D eigenvalue weighted by Crippen LogP contribution is -2.47. The molecule has 1 N–H and O–H groups in total. The minimum atomic E-state index is -0.225. The topological polar surface area (TPSA) is 81.9 Å². The summed E-state index contributed by atoms with van der Waals surface area (Å²) in [6.45, 7) is 10.9. The highest BCUT2D eigenvalue weighted by Crippen LogP contribution is 2.27. The highest BCUT2D eigenvalue weighted by molar-refractivity contribution is 5.80. The number of carbonyl (C=O) groups excluding carboxylic acids is 2. The second kappa shape index (κ2) is 9.48. The zero-order valence-corrected chi connectivity index (χ0v) is 19.5. The van der Waals surface area contributed by atoms with Gasteiger partial charge in [-0.15, -0.1) is 0 Å². The zero-order valence-electron chi connectivity index (χ0n) is 19.5. The van der Waals surface area contributed by atoms with E-state index in [4.69, 9.17) is 4.42 Å². The molecule has 2 amide bonds. The first kappa shape index (κ1) is 22.6. The van der Waals surface area contributed by atoms with Crippen LogP contribution in [0.2, 0.25) is 0 Å². The van der Waals surface area contributed by atoms with Crippen molar-refractivity contribution >= 4 is 28.9 Å². The highest BCUT2D eigenvalue weighted by Gasteiger charge is 2.31. The van der Waals surface area contributed by atoms with E-state index >= 15 is 0 Å². The highest BCUT2D eigenvalue weighted by atomic mass is 16.4. The molecule has 2 aliphatic heterocycles. The minimum Gasteiger partial charge on any atom is -0.423 e. The first-order valence-corrected chi connectivity index (χ1v) is 11.7. The van der Waals surface area contributed by atoms with E-state index in [1.807, 2.05) is 49.9 Å². The monoisotopic (exact) mass is 441 g/mol. The summed E-state index contributed by atoms with van der Waals surface area (Å²) in [5, 5.41) is 3.02. The van der Waals surface area contributed by atoms with Crippen LogP contribution in [0.15, 0.2) is 28.7 Å². The number of rotatable bonds is 4. The Morgan fingerprint density at radius 2 is 1.81 bits per heavy atom. The molecule has 2 aliphatic rings. The van der Waals surface area contributed by atoms with E-state index in [0.29, 0.717) is 19.1 Å². The van der Waals surface area contributed by atoms with E-state index in [2.05, 4.69) is 20.1 Å². The molecule has 0 atom stereocenters. The van der Waals surface area contributed by atoms with Crippen LogP contribution in [0.1, 0.15) is 40.0 Å². The third-order valence-electron chi connectivity index (χ3n) is 6.18. The van der Waals surface area contributed by atoms with Crippen LogP contribution in [0.25, 0.3) is 11.1 Å². The molecule has 2 aromatic rings. The van der Waals surface area contributed by atoms with Gasteiger partial charge in [0.05, 0.1) is 6.54 Å². The van der Waals surface area contributed by atoms with E-state index in [0.717, 1.165) is 63.1 Å². The fraction of sp³-hybridized carbons (Fsp3) is 0.625. The maximum absolute atomic E-state index is 13.2. The SMILES string of the molecule is CC(C)(C)NC(=O)CN1CCCN(C(=O)C2CCN(c3nc4ccccc4o3)CC2)CC1.